The normalized spacial score (nSPS) is 15.8. The van der Waals surface area contributed by atoms with Gasteiger partial charge in [0.15, 0.2) is 18.8 Å². The summed E-state index contributed by atoms with van der Waals surface area (Å²) in [4.78, 5) is 50.6. The fraction of sp³-hybridized carbons (Fsp3) is 0.481. The number of thiol groups is 1. The number of carbonyl (C=O) groups excluding carboxylic acids is 2. The highest BCUT2D eigenvalue weighted by molar-refractivity contribution is 7.80. The maximum Gasteiger partial charge on any atom is 0.513 e. The van der Waals surface area contributed by atoms with E-state index in [0.717, 1.165) is 16.9 Å². The summed E-state index contributed by atoms with van der Waals surface area (Å²) >= 11 is 10.2. The first-order valence-corrected chi connectivity index (χ1v) is 16.1. The van der Waals surface area contributed by atoms with E-state index in [1.165, 1.54) is 32.2 Å². The molecule has 2 aromatic rings. The van der Waals surface area contributed by atoms with E-state index < -0.39 is 68.1 Å². The van der Waals surface area contributed by atoms with Gasteiger partial charge in [-0.25, -0.2) is 9.36 Å². The largest absolute Gasteiger partial charge is 0.513 e. The van der Waals surface area contributed by atoms with Crippen LogP contribution in [0.15, 0.2) is 64.2 Å². The van der Waals surface area contributed by atoms with Crippen LogP contribution in [0.4, 0.5) is 0 Å². The molecule has 0 spiro atoms. The number of alkyl halides is 1. The lowest BCUT2D eigenvalue weighted by Gasteiger charge is -2.26. The molecule has 0 amide bonds. The standard InChI is InChI=1S/C27H37ClN3O11PS/c1-17(2)40-26(34)19(4)30-43(36,42-21-9-7-6-8-10-21)39-14-22(20(5)37-16-38-25(33)18(3)15-44)41-24(13-28)31-12-11-23(32)29-27(31)35/h6-12,14,17-20,24,44H,13,15-16H2,1-5H3,(H,30,36)(H,29,32,35)/b22-14+/t18-,19-,20-,24?,43-/m0/s1. The number of aromatic amines is 1. The number of esters is 2. The van der Waals surface area contributed by atoms with Crippen LogP contribution in [-0.2, 0) is 37.6 Å². The van der Waals surface area contributed by atoms with Gasteiger partial charge in [0.25, 0.3) is 5.56 Å². The predicted octanol–water partition coefficient (Wildman–Crippen LogP) is 3.74. The quantitative estimate of drug-likeness (QED) is 0.0522. The van der Waals surface area contributed by atoms with Gasteiger partial charge in [-0.1, -0.05) is 25.1 Å². The number of hydrogen-bond donors (Lipinski definition) is 3. The fourth-order valence-corrected chi connectivity index (χ4v) is 4.87. The Morgan fingerprint density at radius 2 is 1.75 bits per heavy atom. The molecule has 17 heteroatoms. The minimum Gasteiger partial charge on any atom is -0.467 e. The van der Waals surface area contributed by atoms with Crippen LogP contribution in [0.2, 0.25) is 0 Å². The molecule has 2 N–H and O–H groups in total. The Morgan fingerprint density at radius 3 is 2.34 bits per heavy atom. The molecule has 244 valence electrons. The van der Waals surface area contributed by atoms with Crippen molar-refractivity contribution in [3.05, 3.63) is 75.5 Å². The second-order valence-corrected chi connectivity index (χ2v) is 11.9. The number of carbonyl (C=O) groups is 2. The minimum absolute atomic E-state index is 0.150. The molecule has 0 bridgehead atoms. The van der Waals surface area contributed by atoms with E-state index in [4.69, 9.17) is 39.6 Å². The highest BCUT2D eigenvalue weighted by Gasteiger charge is 2.34. The van der Waals surface area contributed by atoms with Gasteiger partial charge in [0.1, 0.15) is 24.2 Å². The van der Waals surface area contributed by atoms with E-state index in [9.17, 15) is 23.7 Å². The van der Waals surface area contributed by atoms with Gasteiger partial charge in [0.05, 0.1) is 17.9 Å². The fourth-order valence-electron chi connectivity index (χ4n) is 3.13. The smallest absolute Gasteiger partial charge is 0.467 e. The number of para-hydroxylation sites is 1. The van der Waals surface area contributed by atoms with Gasteiger partial charge in [-0.15, -0.1) is 11.6 Å². The van der Waals surface area contributed by atoms with E-state index in [1.54, 1.807) is 39.0 Å². The summed E-state index contributed by atoms with van der Waals surface area (Å²) in [7, 11) is -4.39. The monoisotopic (exact) mass is 677 g/mol. The summed E-state index contributed by atoms with van der Waals surface area (Å²) in [6.07, 6.45) is -0.626. The summed E-state index contributed by atoms with van der Waals surface area (Å²) in [6.45, 7) is 7.35. The summed E-state index contributed by atoms with van der Waals surface area (Å²) in [5, 5.41) is 2.53. The second kappa shape index (κ2) is 17.9. The first-order chi connectivity index (χ1) is 20.8. The van der Waals surface area contributed by atoms with Crippen molar-refractivity contribution in [1.82, 2.24) is 14.6 Å². The molecule has 0 aliphatic carbocycles. The second-order valence-electron chi connectivity index (χ2n) is 9.58. The van der Waals surface area contributed by atoms with Crippen LogP contribution < -0.4 is 20.9 Å². The lowest BCUT2D eigenvalue weighted by molar-refractivity contribution is -0.164. The van der Waals surface area contributed by atoms with Crippen molar-refractivity contribution in [2.75, 3.05) is 18.4 Å². The van der Waals surface area contributed by atoms with Gasteiger partial charge in [-0.3, -0.25) is 23.9 Å². The van der Waals surface area contributed by atoms with Crippen molar-refractivity contribution in [3.63, 3.8) is 0 Å². The van der Waals surface area contributed by atoms with Gasteiger partial charge in [0.2, 0.25) is 0 Å². The van der Waals surface area contributed by atoms with Crippen LogP contribution in [-0.4, -0.2) is 58.2 Å². The van der Waals surface area contributed by atoms with E-state index >= 15 is 0 Å². The Bertz CT molecular complexity index is 1420. The Balaban J connectivity index is 2.43. The molecule has 0 aliphatic rings. The van der Waals surface area contributed by atoms with Crippen LogP contribution in [0, 0.1) is 5.92 Å². The highest BCUT2D eigenvalue weighted by atomic mass is 35.5. The zero-order valence-electron chi connectivity index (χ0n) is 24.8. The molecule has 44 heavy (non-hydrogen) atoms. The summed E-state index contributed by atoms with van der Waals surface area (Å²) in [5.74, 6) is -1.82. The van der Waals surface area contributed by atoms with Crippen molar-refractivity contribution in [1.29, 1.82) is 0 Å². The molecule has 1 aromatic carbocycles. The van der Waals surface area contributed by atoms with Gasteiger partial charge < -0.3 is 28.0 Å². The van der Waals surface area contributed by atoms with Crippen LogP contribution in [0.5, 0.6) is 5.75 Å². The van der Waals surface area contributed by atoms with Gasteiger partial charge in [-0.2, -0.15) is 17.7 Å². The molecule has 14 nitrogen and oxygen atoms in total. The first-order valence-electron chi connectivity index (χ1n) is 13.4. The van der Waals surface area contributed by atoms with Crippen LogP contribution >= 0.6 is 32.0 Å². The zero-order chi connectivity index (χ0) is 32.9. The topological polar surface area (TPSA) is 173 Å². The SMILES string of the molecule is CC(C)OC(=O)[C@H](C)N[P@](=O)(O/C=C(/OC(CCl)n1ccc(=O)[nH]c1=O)[C@H](C)OCOC(=O)[C@@H](C)CS)Oc1ccccc1. The van der Waals surface area contributed by atoms with Crippen LogP contribution in [0.3, 0.4) is 0 Å². The lowest BCUT2D eigenvalue weighted by Crippen LogP contribution is -2.36. The lowest BCUT2D eigenvalue weighted by atomic mass is 10.2. The number of halogens is 1. The summed E-state index contributed by atoms with van der Waals surface area (Å²) < 4.78 is 48.0. The number of rotatable bonds is 18. The van der Waals surface area contributed by atoms with E-state index in [1.807, 2.05) is 0 Å². The number of nitrogens with one attached hydrogen (secondary N) is 2. The summed E-state index contributed by atoms with van der Waals surface area (Å²) in [6, 6.07) is 7.99. The maximum absolute atomic E-state index is 13.9. The van der Waals surface area contributed by atoms with Crippen molar-refractivity contribution >= 4 is 43.9 Å². The summed E-state index contributed by atoms with van der Waals surface area (Å²) in [5.41, 5.74) is -1.45. The third-order valence-electron chi connectivity index (χ3n) is 5.50. The minimum atomic E-state index is -4.39. The Hall–Kier alpha value is -3.23. The molecule has 0 aliphatic heterocycles. The molecule has 0 fully saturated rings. The van der Waals surface area contributed by atoms with Crippen LogP contribution in [0.1, 0.15) is 40.8 Å². The molecule has 1 unspecified atom stereocenters. The van der Waals surface area contributed by atoms with Gasteiger partial charge in [0, 0.05) is 18.0 Å². The van der Waals surface area contributed by atoms with Crippen LogP contribution in [0.25, 0.3) is 0 Å². The number of H-pyrrole nitrogens is 1. The molecule has 1 aromatic heterocycles. The first kappa shape index (κ1) is 37.0. The number of benzene rings is 1. The third-order valence-corrected chi connectivity index (χ3v) is 7.84. The average Bonchev–Trinajstić information content (AvgIpc) is 2.97. The van der Waals surface area contributed by atoms with Crippen molar-refractivity contribution in [2.24, 2.45) is 5.92 Å². The molecular weight excluding hydrogens is 641 g/mol. The number of nitrogens with zero attached hydrogens (tertiary/aromatic N) is 1. The third kappa shape index (κ3) is 12.0. The molecule has 5 atom stereocenters. The van der Waals surface area contributed by atoms with Crippen molar-refractivity contribution in [3.8, 4) is 5.75 Å². The van der Waals surface area contributed by atoms with E-state index in [2.05, 4.69) is 22.7 Å². The average molecular weight is 678 g/mol. The molecule has 0 saturated carbocycles. The molecule has 0 saturated heterocycles. The number of aromatic nitrogens is 2. The highest BCUT2D eigenvalue weighted by Crippen LogP contribution is 2.45. The van der Waals surface area contributed by atoms with Crippen molar-refractivity contribution < 1.29 is 42.1 Å². The van der Waals surface area contributed by atoms with Gasteiger partial charge in [-0.05, 0) is 39.8 Å². The van der Waals surface area contributed by atoms with E-state index in [0.29, 0.717) is 0 Å². The maximum atomic E-state index is 13.9. The molecule has 0 radical (unpaired) electrons. The Morgan fingerprint density at radius 1 is 1.07 bits per heavy atom. The molecule has 1 heterocycles. The number of hydrogen-bond acceptors (Lipinski definition) is 12. The van der Waals surface area contributed by atoms with Gasteiger partial charge >= 0.3 is 25.4 Å². The van der Waals surface area contributed by atoms with E-state index in [-0.39, 0.29) is 23.1 Å². The Kier molecular flexibility index (Phi) is 15.0. The predicted molar refractivity (Wildman–Crippen MR) is 164 cm³/mol. The zero-order valence-corrected chi connectivity index (χ0v) is 27.4. The molecule has 2 rings (SSSR count). The number of ether oxygens (including phenoxy) is 4. The van der Waals surface area contributed by atoms with Crippen molar-refractivity contribution in [2.45, 2.75) is 59.1 Å². The molecular formula is C27H37ClN3O11PS. The Labute approximate surface area is 265 Å².